The second-order valence-corrected chi connectivity index (χ2v) is 8.27. The van der Waals surface area contributed by atoms with E-state index in [4.69, 9.17) is 9.47 Å². The number of carbonyl (C=O) groups excluding carboxylic acids is 1. The van der Waals surface area contributed by atoms with Crippen LogP contribution in [0.3, 0.4) is 0 Å². The highest BCUT2D eigenvalue weighted by molar-refractivity contribution is 5.83. The molecule has 0 amide bonds. The number of ether oxygens (including phenoxy) is 2. The first-order chi connectivity index (χ1) is 16.5. The van der Waals surface area contributed by atoms with Crippen molar-refractivity contribution in [3.8, 4) is 28.6 Å². The van der Waals surface area contributed by atoms with E-state index >= 15 is 0 Å². The Labute approximate surface area is 199 Å². The molecule has 0 aliphatic carbocycles. The predicted molar refractivity (Wildman–Crippen MR) is 130 cm³/mol. The van der Waals surface area contributed by atoms with Crippen LogP contribution in [0.1, 0.15) is 23.9 Å². The van der Waals surface area contributed by atoms with Crippen LogP contribution < -0.4 is 9.47 Å². The van der Waals surface area contributed by atoms with Crippen LogP contribution in [0.25, 0.3) is 17.1 Å². The Morgan fingerprint density at radius 2 is 1.68 bits per heavy atom. The van der Waals surface area contributed by atoms with Gasteiger partial charge in [0.05, 0.1) is 20.6 Å². The average Bonchev–Trinajstić information content (AvgIpc) is 3.26. The van der Waals surface area contributed by atoms with Crippen molar-refractivity contribution in [3.05, 3.63) is 83.9 Å². The van der Waals surface area contributed by atoms with Crippen LogP contribution in [0.15, 0.2) is 67.0 Å². The first kappa shape index (κ1) is 23.2. The van der Waals surface area contributed by atoms with Gasteiger partial charge in [-0.05, 0) is 42.7 Å². The zero-order valence-corrected chi connectivity index (χ0v) is 19.9. The fourth-order valence-corrected chi connectivity index (χ4v) is 3.99. The van der Waals surface area contributed by atoms with Gasteiger partial charge in [-0.2, -0.15) is 0 Å². The number of Topliss-reactive ketones (excluding diaryl/α,β-unsaturated/α-hetero) is 1. The lowest BCUT2D eigenvalue weighted by atomic mass is 9.95. The summed E-state index contributed by atoms with van der Waals surface area (Å²) in [6, 6.07) is 17.5. The average molecular weight is 457 g/mol. The van der Waals surface area contributed by atoms with Gasteiger partial charge in [0.1, 0.15) is 28.8 Å². The molecule has 0 saturated heterocycles. The van der Waals surface area contributed by atoms with Gasteiger partial charge in [-0.1, -0.05) is 43.3 Å². The summed E-state index contributed by atoms with van der Waals surface area (Å²) in [7, 11) is 3.20. The minimum Gasteiger partial charge on any atom is -0.494 e. The summed E-state index contributed by atoms with van der Waals surface area (Å²) >= 11 is 0. The zero-order chi connectivity index (χ0) is 24.1. The maximum atomic E-state index is 13.3. The highest BCUT2D eigenvalue weighted by atomic mass is 16.5. The first-order valence-electron chi connectivity index (χ1n) is 11.2. The number of benzene rings is 2. The van der Waals surface area contributed by atoms with E-state index in [9.17, 15) is 4.79 Å². The standard InChI is InChI=1S/C27H28N4O3/c1-18-13-21(17-28-16-18)27-30-29-25(15-22(32)19(2)14-20-9-6-5-7-10-20)31(27)26-23(33-3)11-8-12-24(26)34-4/h5-13,16-17,19H,14-15H2,1-4H3/t19-/m0/s1. The Balaban J connectivity index is 1.78. The topological polar surface area (TPSA) is 79.1 Å². The molecule has 7 heteroatoms. The predicted octanol–water partition coefficient (Wildman–Crippen LogP) is 4.65. The van der Waals surface area contributed by atoms with Gasteiger partial charge in [0.15, 0.2) is 5.82 Å². The molecule has 2 aromatic carbocycles. The molecule has 0 radical (unpaired) electrons. The highest BCUT2D eigenvalue weighted by Crippen LogP contribution is 2.36. The van der Waals surface area contributed by atoms with E-state index in [2.05, 4.69) is 15.2 Å². The lowest BCUT2D eigenvalue weighted by Crippen LogP contribution is -2.19. The fraction of sp³-hybridized carbons (Fsp3) is 0.259. The molecule has 2 aromatic heterocycles. The Kier molecular flexibility index (Phi) is 7.01. The maximum Gasteiger partial charge on any atom is 0.170 e. The summed E-state index contributed by atoms with van der Waals surface area (Å²) in [4.78, 5) is 17.6. The van der Waals surface area contributed by atoms with E-state index in [-0.39, 0.29) is 18.1 Å². The second kappa shape index (κ2) is 10.3. The summed E-state index contributed by atoms with van der Waals surface area (Å²) in [5, 5.41) is 8.89. The van der Waals surface area contributed by atoms with Crippen LogP contribution in [0.2, 0.25) is 0 Å². The number of ketones is 1. The van der Waals surface area contributed by atoms with Crippen molar-refractivity contribution in [2.24, 2.45) is 5.92 Å². The van der Waals surface area contributed by atoms with Gasteiger partial charge in [-0.15, -0.1) is 10.2 Å². The lowest BCUT2D eigenvalue weighted by molar-refractivity contribution is -0.121. The summed E-state index contributed by atoms with van der Waals surface area (Å²) < 4.78 is 13.2. The molecule has 0 spiro atoms. The largest absolute Gasteiger partial charge is 0.494 e. The minimum absolute atomic E-state index is 0.0836. The number of para-hydroxylation sites is 1. The molecule has 0 fully saturated rings. The quantitative estimate of drug-likeness (QED) is 0.365. The smallest absolute Gasteiger partial charge is 0.170 e. The fourth-order valence-electron chi connectivity index (χ4n) is 3.99. The summed E-state index contributed by atoms with van der Waals surface area (Å²) in [6.45, 7) is 3.92. The molecule has 4 rings (SSSR count). The first-order valence-corrected chi connectivity index (χ1v) is 11.2. The number of carbonyl (C=O) groups is 1. The van der Waals surface area contributed by atoms with E-state index in [1.54, 1.807) is 26.6 Å². The van der Waals surface area contributed by atoms with E-state index < -0.39 is 0 Å². The van der Waals surface area contributed by atoms with Crippen molar-refractivity contribution in [3.63, 3.8) is 0 Å². The summed E-state index contributed by atoms with van der Waals surface area (Å²) in [5.74, 6) is 2.18. The SMILES string of the molecule is COc1cccc(OC)c1-n1c(CC(=O)[C@@H](C)Cc2ccccc2)nnc1-c1cncc(C)c1. The maximum absolute atomic E-state index is 13.3. The van der Waals surface area contributed by atoms with E-state index in [0.717, 1.165) is 16.7 Å². The Hall–Kier alpha value is -4.00. The van der Waals surface area contributed by atoms with E-state index in [0.29, 0.717) is 35.3 Å². The van der Waals surface area contributed by atoms with Crippen LogP contribution in [0.5, 0.6) is 11.5 Å². The molecule has 0 saturated carbocycles. The molecule has 1 atom stereocenters. The van der Waals surface area contributed by atoms with Crippen molar-refractivity contribution in [1.29, 1.82) is 0 Å². The van der Waals surface area contributed by atoms with Gasteiger partial charge in [0.2, 0.25) is 0 Å². The van der Waals surface area contributed by atoms with Gasteiger partial charge in [0.25, 0.3) is 0 Å². The molecule has 174 valence electrons. The normalized spacial score (nSPS) is 11.8. The van der Waals surface area contributed by atoms with Crippen LogP contribution >= 0.6 is 0 Å². The van der Waals surface area contributed by atoms with E-state index in [1.165, 1.54) is 0 Å². The van der Waals surface area contributed by atoms with Crippen molar-refractivity contribution in [2.75, 3.05) is 14.2 Å². The van der Waals surface area contributed by atoms with Crippen molar-refractivity contribution in [2.45, 2.75) is 26.7 Å². The molecule has 34 heavy (non-hydrogen) atoms. The molecule has 2 heterocycles. The molecule has 4 aromatic rings. The third-order valence-corrected chi connectivity index (χ3v) is 5.76. The molecule has 7 nitrogen and oxygen atoms in total. The Morgan fingerprint density at radius 3 is 2.32 bits per heavy atom. The van der Waals surface area contributed by atoms with Crippen LogP contribution in [-0.2, 0) is 17.6 Å². The number of methoxy groups -OCH3 is 2. The van der Waals surface area contributed by atoms with Crippen LogP contribution in [0, 0.1) is 12.8 Å². The third-order valence-electron chi connectivity index (χ3n) is 5.76. The molecule has 0 aliphatic heterocycles. The van der Waals surface area contributed by atoms with Crippen molar-refractivity contribution in [1.82, 2.24) is 19.7 Å². The van der Waals surface area contributed by atoms with Gasteiger partial charge >= 0.3 is 0 Å². The van der Waals surface area contributed by atoms with Gasteiger partial charge in [0, 0.05) is 23.9 Å². The number of hydrogen-bond acceptors (Lipinski definition) is 6. The van der Waals surface area contributed by atoms with Crippen LogP contribution in [-0.4, -0.2) is 39.8 Å². The molecule has 0 bridgehead atoms. The third kappa shape index (κ3) is 4.83. The monoisotopic (exact) mass is 456 g/mol. The molecule has 0 unspecified atom stereocenters. The molecular weight excluding hydrogens is 428 g/mol. The highest BCUT2D eigenvalue weighted by Gasteiger charge is 2.25. The van der Waals surface area contributed by atoms with E-state index in [1.807, 2.05) is 73.0 Å². The Bertz CT molecular complexity index is 1260. The number of aryl methyl sites for hydroxylation is 1. The minimum atomic E-state index is -0.170. The number of rotatable bonds is 9. The number of aromatic nitrogens is 4. The van der Waals surface area contributed by atoms with Crippen LogP contribution in [0.4, 0.5) is 0 Å². The zero-order valence-electron chi connectivity index (χ0n) is 19.9. The number of hydrogen-bond donors (Lipinski definition) is 0. The van der Waals surface area contributed by atoms with Gasteiger partial charge < -0.3 is 9.47 Å². The van der Waals surface area contributed by atoms with Gasteiger partial charge in [-0.3, -0.25) is 14.3 Å². The Morgan fingerprint density at radius 1 is 0.971 bits per heavy atom. The van der Waals surface area contributed by atoms with Gasteiger partial charge in [-0.25, -0.2) is 0 Å². The van der Waals surface area contributed by atoms with Crippen molar-refractivity contribution >= 4 is 5.78 Å². The summed E-state index contributed by atoms with van der Waals surface area (Å²) in [6.07, 6.45) is 4.31. The summed E-state index contributed by atoms with van der Waals surface area (Å²) in [5.41, 5.74) is 3.56. The second-order valence-electron chi connectivity index (χ2n) is 8.27. The number of nitrogens with zero attached hydrogens (tertiary/aromatic N) is 4. The number of pyridine rings is 1. The molecular formula is C27H28N4O3. The molecule has 0 N–H and O–H groups in total. The lowest BCUT2D eigenvalue weighted by Gasteiger charge is -2.18. The van der Waals surface area contributed by atoms with Crippen molar-refractivity contribution < 1.29 is 14.3 Å². The molecule has 0 aliphatic rings.